The van der Waals surface area contributed by atoms with Crippen molar-refractivity contribution in [3.05, 3.63) is 53.2 Å². The van der Waals surface area contributed by atoms with Crippen LogP contribution < -0.4 is 5.32 Å². The van der Waals surface area contributed by atoms with Crippen molar-refractivity contribution >= 4 is 28.3 Å². The molecule has 1 amide bonds. The Hall–Kier alpha value is -3.00. The number of amides is 1. The predicted molar refractivity (Wildman–Crippen MR) is 85.7 cm³/mol. The van der Waals surface area contributed by atoms with Gasteiger partial charge in [0.2, 0.25) is 0 Å². The smallest absolute Gasteiger partial charge is 0.339 e. The van der Waals surface area contributed by atoms with E-state index in [1.165, 1.54) is 22.2 Å². The summed E-state index contributed by atoms with van der Waals surface area (Å²) in [6.45, 7) is 0. The Morgan fingerprint density at radius 2 is 2.00 bits per heavy atom. The summed E-state index contributed by atoms with van der Waals surface area (Å²) in [4.78, 5) is 27.7. The summed E-state index contributed by atoms with van der Waals surface area (Å²) in [7, 11) is 1.56. The van der Waals surface area contributed by atoms with Gasteiger partial charge in [-0.1, -0.05) is 30.3 Å². The van der Waals surface area contributed by atoms with E-state index >= 15 is 0 Å². The molecule has 1 aromatic carbocycles. The van der Waals surface area contributed by atoms with Crippen LogP contribution in [0.4, 0.5) is 5.13 Å². The molecule has 3 aromatic rings. The van der Waals surface area contributed by atoms with Gasteiger partial charge < -0.3 is 5.11 Å². The number of hydrogen-bond donors (Lipinski definition) is 2. The van der Waals surface area contributed by atoms with Crippen LogP contribution in [-0.2, 0) is 7.05 Å². The Morgan fingerprint density at radius 3 is 2.70 bits per heavy atom. The Kier molecular flexibility index (Phi) is 3.90. The molecule has 3 rings (SSSR count). The second kappa shape index (κ2) is 6.01. The number of carbonyl (C=O) groups excluding carboxylic acids is 1. The van der Waals surface area contributed by atoms with Crippen LogP contribution in [0.15, 0.2) is 41.9 Å². The van der Waals surface area contributed by atoms with Crippen LogP contribution in [0.1, 0.15) is 20.8 Å². The summed E-state index contributed by atoms with van der Waals surface area (Å²) >= 11 is 1.26. The van der Waals surface area contributed by atoms with E-state index in [1.54, 1.807) is 7.05 Å². The predicted octanol–water partition coefficient (Wildman–Crippen LogP) is 2.49. The molecule has 2 aromatic heterocycles. The number of aromatic nitrogens is 3. The van der Waals surface area contributed by atoms with Crippen molar-refractivity contribution in [3.63, 3.8) is 0 Å². The quantitative estimate of drug-likeness (QED) is 0.767. The molecule has 0 atom stereocenters. The largest absolute Gasteiger partial charge is 0.478 e. The molecule has 0 unspecified atom stereocenters. The van der Waals surface area contributed by atoms with Crippen LogP contribution >= 0.6 is 11.3 Å². The number of nitrogens with one attached hydrogen (secondary N) is 1. The first-order valence-corrected chi connectivity index (χ1v) is 7.52. The molecule has 0 saturated carbocycles. The molecule has 0 bridgehead atoms. The monoisotopic (exact) mass is 328 g/mol. The maximum atomic E-state index is 12.2. The molecule has 2 N–H and O–H groups in total. The van der Waals surface area contributed by atoms with E-state index in [1.807, 2.05) is 35.7 Å². The number of thiazole rings is 1. The van der Waals surface area contributed by atoms with Crippen LogP contribution in [0.3, 0.4) is 0 Å². The van der Waals surface area contributed by atoms with Crippen molar-refractivity contribution in [2.45, 2.75) is 0 Å². The Morgan fingerprint density at radius 1 is 1.26 bits per heavy atom. The number of aryl methyl sites for hydroxylation is 1. The minimum atomic E-state index is -1.20. The fraction of sp³-hybridized carbons (Fsp3) is 0.0667. The molecule has 0 aliphatic heterocycles. The van der Waals surface area contributed by atoms with Crippen molar-refractivity contribution in [1.29, 1.82) is 0 Å². The van der Waals surface area contributed by atoms with Crippen LogP contribution in [0.2, 0.25) is 0 Å². The van der Waals surface area contributed by atoms with Gasteiger partial charge in [-0.3, -0.25) is 14.8 Å². The molecule has 0 saturated heterocycles. The third kappa shape index (κ3) is 3.11. The van der Waals surface area contributed by atoms with E-state index < -0.39 is 11.9 Å². The summed E-state index contributed by atoms with van der Waals surface area (Å²) in [6, 6.07) is 9.55. The average Bonchev–Trinajstić information content (AvgIpc) is 3.15. The topological polar surface area (TPSA) is 97.1 Å². The van der Waals surface area contributed by atoms with Gasteiger partial charge in [-0.05, 0) is 0 Å². The molecule has 8 heteroatoms. The highest BCUT2D eigenvalue weighted by atomic mass is 32.1. The lowest BCUT2D eigenvalue weighted by atomic mass is 10.2. The summed E-state index contributed by atoms with van der Waals surface area (Å²) in [5.41, 5.74) is 1.39. The molecule has 0 aliphatic carbocycles. The minimum absolute atomic E-state index is 0.142. The molecule has 116 valence electrons. The maximum absolute atomic E-state index is 12.2. The Bertz CT molecular complexity index is 870. The third-order valence-corrected chi connectivity index (χ3v) is 3.83. The zero-order valence-corrected chi connectivity index (χ0v) is 12.9. The number of benzene rings is 1. The molecular weight excluding hydrogens is 316 g/mol. The van der Waals surface area contributed by atoms with Crippen molar-refractivity contribution in [2.75, 3.05) is 5.32 Å². The van der Waals surface area contributed by atoms with Gasteiger partial charge in [0, 0.05) is 24.2 Å². The SMILES string of the molecule is Cn1cc(C(=O)O)c(C(=O)Nc2nc(-c3ccccc3)cs2)n1. The van der Waals surface area contributed by atoms with Crippen LogP contribution in [0.25, 0.3) is 11.3 Å². The number of nitrogens with zero attached hydrogens (tertiary/aromatic N) is 3. The second-order valence-corrected chi connectivity index (χ2v) is 5.59. The number of anilines is 1. The fourth-order valence-electron chi connectivity index (χ4n) is 2.04. The molecule has 0 spiro atoms. The van der Waals surface area contributed by atoms with E-state index in [0.717, 1.165) is 11.3 Å². The van der Waals surface area contributed by atoms with Crippen molar-refractivity contribution < 1.29 is 14.7 Å². The van der Waals surface area contributed by atoms with Gasteiger partial charge in [-0.25, -0.2) is 9.78 Å². The highest BCUT2D eigenvalue weighted by Crippen LogP contribution is 2.25. The van der Waals surface area contributed by atoms with Crippen molar-refractivity contribution in [1.82, 2.24) is 14.8 Å². The number of carbonyl (C=O) groups is 2. The molecule has 7 nitrogen and oxygen atoms in total. The lowest BCUT2D eigenvalue weighted by molar-refractivity contribution is 0.0692. The molecule has 0 fully saturated rings. The molecule has 23 heavy (non-hydrogen) atoms. The molecule has 0 radical (unpaired) electrons. The number of carboxylic acids is 1. The standard InChI is InChI=1S/C15H12N4O3S/c1-19-7-10(14(21)22)12(18-19)13(20)17-15-16-11(8-23-15)9-5-3-2-4-6-9/h2-8H,1H3,(H,21,22)(H,16,17,20). The van der Waals surface area contributed by atoms with Gasteiger partial charge in [-0.15, -0.1) is 11.3 Å². The van der Waals surface area contributed by atoms with E-state index in [2.05, 4.69) is 15.4 Å². The summed E-state index contributed by atoms with van der Waals surface area (Å²) < 4.78 is 1.29. The number of aromatic carboxylic acids is 1. The van der Waals surface area contributed by atoms with Gasteiger partial charge in [0.1, 0.15) is 5.56 Å². The van der Waals surface area contributed by atoms with Gasteiger partial charge in [0.25, 0.3) is 5.91 Å². The first-order chi connectivity index (χ1) is 11.0. The summed E-state index contributed by atoms with van der Waals surface area (Å²) in [5.74, 6) is -1.80. The van der Waals surface area contributed by atoms with Gasteiger partial charge >= 0.3 is 5.97 Å². The van der Waals surface area contributed by atoms with E-state index in [-0.39, 0.29) is 11.3 Å². The highest BCUT2D eigenvalue weighted by Gasteiger charge is 2.21. The fourth-order valence-corrected chi connectivity index (χ4v) is 2.76. The van der Waals surface area contributed by atoms with Gasteiger partial charge in [0.05, 0.1) is 5.69 Å². The zero-order chi connectivity index (χ0) is 16.4. The lowest BCUT2D eigenvalue weighted by Crippen LogP contribution is -2.16. The summed E-state index contributed by atoms with van der Waals surface area (Å²) in [6.07, 6.45) is 1.29. The normalized spacial score (nSPS) is 10.5. The minimum Gasteiger partial charge on any atom is -0.478 e. The number of hydrogen-bond acceptors (Lipinski definition) is 5. The van der Waals surface area contributed by atoms with Gasteiger partial charge in [-0.2, -0.15) is 5.10 Å². The second-order valence-electron chi connectivity index (χ2n) is 4.73. The maximum Gasteiger partial charge on any atom is 0.339 e. The van der Waals surface area contributed by atoms with Crippen LogP contribution in [0.5, 0.6) is 0 Å². The lowest BCUT2D eigenvalue weighted by Gasteiger charge is -1.99. The van der Waals surface area contributed by atoms with E-state index in [4.69, 9.17) is 5.11 Å². The molecular formula is C15H12N4O3S. The van der Waals surface area contributed by atoms with Gasteiger partial charge in [0.15, 0.2) is 10.8 Å². The molecule has 0 aliphatic rings. The van der Waals surface area contributed by atoms with E-state index in [0.29, 0.717) is 5.13 Å². The zero-order valence-electron chi connectivity index (χ0n) is 12.1. The third-order valence-electron chi connectivity index (χ3n) is 3.07. The van der Waals surface area contributed by atoms with Crippen LogP contribution in [0, 0.1) is 0 Å². The summed E-state index contributed by atoms with van der Waals surface area (Å²) in [5, 5.41) is 17.8. The first kappa shape index (κ1) is 14.9. The van der Waals surface area contributed by atoms with E-state index in [9.17, 15) is 9.59 Å². The Labute approximate surface area is 135 Å². The van der Waals surface area contributed by atoms with Crippen LogP contribution in [-0.4, -0.2) is 31.7 Å². The highest BCUT2D eigenvalue weighted by molar-refractivity contribution is 7.14. The van der Waals surface area contributed by atoms with Crippen molar-refractivity contribution in [2.24, 2.45) is 7.05 Å². The molecule has 2 heterocycles. The number of carboxylic acid groups (broad SMARTS) is 1. The first-order valence-electron chi connectivity index (χ1n) is 6.64. The Balaban J connectivity index is 1.82. The average molecular weight is 328 g/mol. The van der Waals surface area contributed by atoms with Crippen molar-refractivity contribution in [3.8, 4) is 11.3 Å². The number of rotatable bonds is 4.